The van der Waals surface area contributed by atoms with Crippen LogP contribution in [0.1, 0.15) is 0 Å². The van der Waals surface area contributed by atoms with Crippen LogP contribution in [0.5, 0.6) is 0 Å². The van der Waals surface area contributed by atoms with E-state index < -0.39 is 0 Å². The van der Waals surface area contributed by atoms with E-state index in [2.05, 4.69) is 92.2 Å². The Morgan fingerprint density at radius 1 is 0.750 bits per heavy atom. The minimum absolute atomic E-state index is 0. The molecular weight excluding hydrogens is 488 g/mol. The van der Waals surface area contributed by atoms with Crippen LogP contribution in [0.3, 0.4) is 0 Å². The van der Waals surface area contributed by atoms with Gasteiger partial charge >= 0.3 is 25.8 Å². The molecule has 0 fully saturated rings. The zero-order chi connectivity index (χ0) is 14.7. The molecule has 0 radical (unpaired) electrons. The van der Waals surface area contributed by atoms with Gasteiger partial charge in [0.1, 0.15) is 0 Å². The van der Waals surface area contributed by atoms with Crippen molar-refractivity contribution in [3.05, 3.63) is 78.9 Å². The Bertz CT molecular complexity index is 785. The van der Waals surface area contributed by atoms with Gasteiger partial charge < -0.3 is 9.41 Å². The van der Waals surface area contributed by atoms with Crippen molar-refractivity contribution in [3.8, 4) is 0 Å². The fourth-order valence-corrected chi connectivity index (χ4v) is 3.26. The zero-order valence-corrected chi connectivity index (χ0v) is 18.2. The second-order valence-corrected chi connectivity index (χ2v) is 7.70. The van der Waals surface area contributed by atoms with Gasteiger partial charge in [-0.1, -0.05) is 12.1 Å². The van der Waals surface area contributed by atoms with Crippen LogP contribution < -0.4 is 14.7 Å². The topological polar surface area (TPSA) is 0 Å². The van der Waals surface area contributed by atoms with Crippen LogP contribution in [0.2, 0.25) is 0 Å². The van der Waals surface area contributed by atoms with Crippen LogP contribution in [-0.2, 0) is 25.8 Å². The maximum absolute atomic E-state index is 2.31. The first-order valence-electron chi connectivity index (χ1n) is 7.17. The quantitative estimate of drug-likeness (QED) is 0.185. The molecule has 4 aromatic carbocycles. The molecule has 0 unspecified atom stereocenters. The minimum atomic E-state index is 0. The molecule has 0 heterocycles. The summed E-state index contributed by atoms with van der Waals surface area (Å²) in [5.41, 5.74) is 0. The summed E-state index contributed by atoms with van der Waals surface area (Å²) in [6, 6.07) is 27.8. The third-order valence-corrected chi connectivity index (χ3v) is 4.96. The van der Waals surface area contributed by atoms with E-state index in [1.807, 2.05) is 0 Å². The average Bonchev–Trinajstić information content (AvgIpc) is 3.14. The molecule has 0 aliphatic rings. The number of rotatable bonds is 1. The normalized spacial score (nSPS) is 9.46. The summed E-state index contributed by atoms with van der Waals surface area (Å²) < 4.78 is 0. The van der Waals surface area contributed by atoms with Crippen LogP contribution in [0.4, 0.5) is 0 Å². The number of fused-ring (bicyclic) bond motifs is 2. The predicted molar refractivity (Wildman–Crippen MR) is 97.5 cm³/mol. The molecule has 0 saturated heterocycles. The molecule has 4 heteroatoms. The Morgan fingerprint density at radius 2 is 1.33 bits per heavy atom. The van der Waals surface area contributed by atoms with E-state index >= 15 is 0 Å². The van der Waals surface area contributed by atoms with Gasteiger partial charge in [-0.2, -0.15) is 23.6 Å². The van der Waals surface area contributed by atoms with E-state index in [0.29, 0.717) is 0 Å². The second-order valence-electron chi connectivity index (χ2n) is 5.39. The summed E-state index contributed by atoms with van der Waals surface area (Å²) >= 11 is 0. The third kappa shape index (κ3) is 5.43. The van der Waals surface area contributed by atoms with E-state index in [4.69, 9.17) is 0 Å². The van der Waals surface area contributed by atoms with Crippen LogP contribution >= 0.6 is 7.92 Å². The summed E-state index contributed by atoms with van der Waals surface area (Å²) in [6.07, 6.45) is 0. The molecule has 0 atom stereocenters. The van der Waals surface area contributed by atoms with Crippen molar-refractivity contribution in [1.82, 2.24) is 0 Å². The van der Waals surface area contributed by atoms with E-state index in [0.717, 1.165) is 0 Å². The predicted octanol–water partition coefficient (Wildman–Crippen LogP) is -0.510. The molecule has 4 aromatic rings. The van der Waals surface area contributed by atoms with Gasteiger partial charge in [0.2, 0.25) is 0 Å². The Balaban J connectivity index is 0.000000402. The van der Waals surface area contributed by atoms with Crippen LogP contribution in [0.15, 0.2) is 78.9 Å². The molecule has 4 rings (SSSR count). The molecule has 0 spiro atoms. The molecule has 0 nitrogen and oxygen atoms in total. The standard InChI is InChI=1S/C11H12P.C9H7.2FH.Hf/c1-12(2)11-7-9-5-3-4-6-10(9)8-11;1-2-5-9-7-3-6-8(9)4-1;;;/h3-8H,1-2H3;1-7H;2*1H;/q2*-1;;;+4/p-2. The first kappa shape index (κ1) is 22.8. The molecule has 0 amide bonds. The first-order chi connectivity index (χ1) is 10.2. The Hall–Kier alpha value is -1.18. The number of hydrogen-bond acceptors (Lipinski definition) is 0. The maximum atomic E-state index is 2.31. The van der Waals surface area contributed by atoms with Crippen molar-refractivity contribution >= 4 is 34.8 Å². The average molecular weight is 507 g/mol. The molecule has 0 N–H and O–H groups in total. The maximum Gasteiger partial charge on any atom is 4.00 e. The van der Waals surface area contributed by atoms with Crippen molar-refractivity contribution in [2.24, 2.45) is 0 Å². The van der Waals surface area contributed by atoms with Gasteiger partial charge in [0.25, 0.3) is 0 Å². The van der Waals surface area contributed by atoms with Crippen molar-refractivity contribution in [1.29, 1.82) is 0 Å². The molecule has 0 aliphatic carbocycles. The van der Waals surface area contributed by atoms with Gasteiger partial charge in [-0.3, -0.25) is 0 Å². The number of benzene rings is 2. The fraction of sp³-hybridized carbons (Fsp3) is 0.100. The summed E-state index contributed by atoms with van der Waals surface area (Å²) in [4.78, 5) is 0. The van der Waals surface area contributed by atoms with Gasteiger partial charge in [0.05, 0.1) is 0 Å². The second kappa shape index (κ2) is 10.6. The van der Waals surface area contributed by atoms with Crippen molar-refractivity contribution in [2.45, 2.75) is 0 Å². The van der Waals surface area contributed by atoms with Crippen molar-refractivity contribution in [2.75, 3.05) is 13.3 Å². The zero-order valence-electron chi connectivity index (χ0n) is 13.7. The van der Waals surface area contributed by atoms with E-state index in [1.165, 1.54) is 26.8 Å². The monoisotopic (exact) mass is 508 g/mol. The fourth-order valence-electron chi connectivity index (χ4n) is 2.46. The van der Waals surface area contributed by atoms with Gasteiger partial charge in [-0.05, 0) is 13.3 Å². The smallest absolute Gasteiger partial charge is 1.00 e. The Kier molecular flexibility index (Phi) is 10.1. The summed E-state index contributed by atoms with van der Waals surface area (Å²) in [5.74, 6) is 0. The first-order valence-corrected chi connectivity index (χ1v) is 9.41. The molecule has 24 heavy (non-hydrogen) atoms. The largest absolute Gasteiger partial charge is 4.00 e. The van der Waals surface area contributed by atoms with Crippen LogP contribution in [0.25, 0.3) is 21.5 Å². The van der Waals surface area contributed by atoms with Crippen molar-refractivity contribution in [3.63, 3.8) is 0 Å². The molecule has 0 aromatic heterocycles. The SMILES string of the molecule is CP(C)c1cc2ccccc2[cH-]1.[F-].[F-].[Hf+4].c1ccc2[cH-]ccc2c1. The Labute approximate surface area is 161 Å². The number of halogens is 2. The van der Waals surface area contributed by atoms with E-state index in [-0.39, 0.29) is 43.2 Å². The summed E-state index contributed by atoms with van der Waals surface area (Å²) in [5, 5.41) is 6.92. The molecule has 0 bridgehead atoms. The van der Waals surface area contributed by atoms with Gasteiger partial charge in [-0.15, -0.1) is 77.9 Å². The van der Waals surface area contributed by atoms with Crippen LogP contribution in [0, 0.1) is 0 Å². The number of hydrogen-bond donors (Lipinski definition) is 0. The van der Waals surface area contributed by atoms with Crippen LogP contribution in [-0.4, -0.2) is 13.3 Å². The van der Waals surface area contributed by atoms with E-state index in [1.54, 1.807) is 0 Å². The van der Waals surface area contributed by atoms with Crippen molar-refractivity contribution < 1.29 is 35.3 Å². The molecule has 0 saturated carbocycles. The molecular formula is C20H19F2HfP. The third-order valence-electron chi connectivity index (χ3n) is 3.67. The summed E-state index contributed by atoms with van der Waals surface area (Å²) in [6.45, 7) is 4.59. The molecule has 0 aliphatic heterocycles. The molecule has 122 valence electrons. The Morgan fingerprint density at radius 3 is 1.92 bits per heavy atom. The summed E-state index contributed by atoms with van der Waals surface area (Å²) in [7, 11) is 0.0576. The minimum Gasteiger partial charge on any atom is -1.00 e. The van der Waals surface area contributed by atoms with Gasteiger partial charge in [-0.25, -0.2) is 0 Å². The van der Waals surface area contributed by atoms with Gasteiger partial charge in [0.15, 0.2) is 0 Å². The van der Waals surface area contributed by atoms with E-state index in [9.17, 15) is 0 Å². The van der Waals surface area contributed by atoms with Gasteiger partial charge in [0, 0.05) is 0 Å².